The molecular weight excluding hydrogens is 178 g/mol. The summed E-state index contributed by atoms with van der Waals surface area (Å²) in [5.74, 6) is -4.52. The van der Waals surface area contributed by atoms with Crippen molar-refractivity contribution < 1.29 is 22.7 Å². The lowest BCUT2D eigenvalue weighted by molar-refractivity contribution is 0.140. The molecule has 0 fully saturated rings. The smallest absolute Gasteiger partial charge is 0.270 e. The molecule has 1 rings (SSSR count). The third-order valence-corrected chi connectivity index (χ3v) is 1.21. The molecule has 1 N–H and O–H groups in total. The van der Waals surface area contributed by atoms with Crippen LogP contribution >= 0.6 is 0 Å². The third kappa shape index (κ3) is 1.32. The van der Waals surface area contributed by atoms with Gasteiger partial charge in [-0.2, -0.15) is 4.39 Å². The Morgan fingerprint density at radius 1 is 1.33 bits per heavy atom. The Bertz CT molecular complexity index is 302. The van der Waals surface area contributed by atoms with E-state index in [0.29, 0.717) is 6.20 Å². The van der Waals surface area contributed by atoms with Gasteiger partial charge < -0.3 is 5.11 Å². The van der Waals surface area contributed by atoms with Crippen LogP contribution in [0.25, 0.3) is 0 Å². The molecule has 0 spiro atoms. The predicted molar refractivity (Wildman–Crippen MR) is 30.8 cm³/mol. The maximum absolute atomic E-state index is 12.4. The third-order valence-electron chi connectivity index (χ3n) is 1.21. The van der Waals surface area contributed by atoms with Crippen molar-refractivity contribution in [3.05, 3.63) is 23.5 Å². The van der Waals surface area contributed by atoms with Crippen LogP contribution in [0, 0.1) is 11.8 Å². The Kier molecular flexibility index (Phi) is 2.16. The largest absolute Gasteiger partial charge is 0.506 e. The summed E-state index contributed by atoms with van der Waals surface area (Å²) >= 11 is 0. The number of aromatic hydroxyl groups is 1. The number of aromatic nitrogens is 1. The topological polar surface area (TPSA) is 33.1 Å². The van der Waals surface area contributed by atoms with Gasteiger partial charge in [-0.3, -0.25) is 0 Å². The fourth-order valence-corrected chi connectivity index (χ4v) is 0.675. The summed E-state index contributed by atoms with van der Waals surface area (Å²) in [4.78, 5) is 2.70. The van der Waals surface area contributed by atoms with E-state index in [4.69, 9.17) is 5.11 Å². The van der Waals surface area contributed by atoms with Crippen LogP contribution in [0.3, 0.4) is 0 Å². The van der Waals surface area contributed by atoms with E-state index < -0.39 is 29.5 Å². The summed E-state index contributed by atoms with van der Waals surface area (Å²) < 4.78 is 48.4. The first-order valence-corrected chi connectivity index (χ1v) is 2.85. The number of rotatable bonds is 1. The van der Waals surface area contributed by atoms with Crippen LogP contribution in [-0.2, 0) is 0 Å². The highest BCUT2D eigenvalue weighted by atomic mass is 19.3. The van der Waals surface area contributed by atoms with Crippen molar-refractivity contribution in [3.63, 3.8) is 0 Å². The van der Waals surface area contributed by atoms with Crippen molar-refractivity contribution in [1.29, 1.82) is 0 Å². The molecule has 0 saturated carbocycles. The summed E-state index contributed by atoms with van der Waals surface area (Å²) in [5.41, 5.74) is -1.36. The van der Waals surface area contributed by atoms with Gasteiger partial charge in [-0.25, -0.2) is 18.2 Å². The minimum absolute atomic E-state index is 0.430. The van der Waals surface area contributed by atoms with E-state index in [1.807, 2.05) is 0 Å². The van der Waals surface area contributed by atoms with Crippen molar-refractivity contribution in [3.8, 4) is 5.75 Å². The van der Waals surface area contributed by atoms with Gasteiger partial charge in [0.1, 0.15) is 11.3 Å². The van der Waals surface area contributed by atoms with Gasteiger partial charge in [0.05, 0.1) is 6.20 Å². The maximum Gasteiger partial charge on any atom is 0.270 e. The maximum atomic E-state index is 12.4. The van der Waals surface area contributed by atoms with Crippen LogP contribution in [0.15, 0.2) is 6.20 Å². The SMILES string of the molecule is Oc1cnc(F)c(F)c1C(F)F. The van der Waals surface area contributed by atoms with Gasteiger partial charge in [0, 0.05) is 0 Å². The van der Waals surface area contributed by atoms with Gasteiger partial charge >= 0.3 is 0 Å². The number of halogens is 4. The zero-order chi connectivity index (χ0) is 9.30. The zero-order valence-electron chi connectivity index (χ0n) is 5.56. The second-order valence-electron chi connectivity index (χ2n) is 1.96. The van der Waals surface area contributed by atoms with Crippen LogP contribution in [-0.4, -0.2) is 10.1 Å². The van der Waals surface area contributed by atoms with Gasteiger partial charge in [-0.1, -0.05) is 0 Å². The summed E-state index contributed by atoms with van der Waals surface area (Å²) in [6.07, 6.45) is -2.83. The molecule has 0 saturated heterocycles. The monoisotopic (exact) mass is 181 g/mol. The Hall–Kier alpha value is -1.33. The fraction of sp³-hybridized carbons (Fsp3) is 0.167. The molecule has 0 bridgehead atoms. The van der Waals surface area contributed by atoms with Crippen molar-refractivity contribution in [2.45, 2.75) is 6.43 Å². The minimum atomic E-state index is -3.26. The molecule has 0 aliphatic rings. The lowest BCUT2D eigenvalue weighted by atomic mass is 10.2. The van der Waals surface area contributed by atoms with Crippen molar-refractivity contribution in [2.24, 2.45) is 0 Å². The lowest BCUT2D eigenvalue weighted by Crippen LogP contribution is -1.97. The number of hydrogen-bond donors (Lipinski definition) is 1. The molecule has 66 valence electrons. The number of pyridine rings is 1. The van der Waals surface area contributed by atoms with Gasteiger partial charge in [0.25, 0.3) is 6.43 Å². The lowest BCUT2D eigenvalue weighted by Gasteiger charge is -2.03. The second-order valence-corrected chi connectivity index (χ2v) is 1.96. The first-order valence-electron chi connectivity index (χ1n) is 2.85. The Balaban J connectivity index is 3.33. The standard InChI is InChI=1S/C6H3F4NO/c7-4-3(5(8)9)2(12)1-11-6(4)10/h1,5,12H. The molecular formula is C6H3F4NO. The molecule has 2 nitrogen and oxygen atoms in total. The van der Waals surface area contributed by atoms with Gasteiger partial charge in [0.2, 0.25) is 5.95 Å². The summed E-state index contributed by atoms with van der Waals surface area (Å²) in [6.45, 7) is 0. The Labute approximate surface area is 64.5 Å². The minimum Gasteiger partial charge on any atom is -0.506 e. The predicted octanol–water partition coefficient (Wildman–Crippen LogP) is 2.00. The molecule has 0 radical (unpaired) electrons. The van der Waals surface area contributed by atoms with E-state index in [-0.39, 0.29) is 0 Å². The highest BCUT2D eigenvalue weighted by Gasteiger charge is 2.22. The van der Waals surface area contributed by atoms with Crippen LogP contribution in [0.5, 0.6) is 5.75 Å². The van der Waals surface area contributed by atoms with Crippen LogP contribution in [0.2, 0.25) is 0 Å². The molecule has 0 aliphatic carbocycles. The quantitative estimate of drug-likeness (QED) is 0.531. The summed E-state index contributed by atoms with van der Waals surface area (Å²) in [7, 11) is 0. The van der Waals surface area contributed by atoms with Crippen molar-refractivity contribution in [2.75, 3.05) is 0 Å². The second kappa shape index (κ2) is 2.96. The highest BCUT2D eigenvalue weighted by molar-refractivity contribution is 5.31. The van der Waals surface area contributed by atoms with E-state index in [0.717, 1.165) is 0 Å². The molecule has 12 heavy (non-hydrogen) atoms. The Morgan fingerprint density at radius 3 is 2.33 bits per heavy atom. The Morgan fingerprint density at radius 2 is 1.92 bits per heavy atom. The molecule has 1 heterocycles. The number of hydrogen-bond acceptors (Lipinski definition) is 2. The van der Waals surface area contributed by atoms with Gasteiger partial charge in [-0.15, -0.1) is 0 Å². The average Bonchev–Trinajstić information content (AvgIpc) is 1.97. The number of alkyl halides is 2. The number of nitrogens with zero attached hydrogens (tertiary/aromatic N) is 1. The molecule has 0 unspecified atom stereocenters. The zero-order valence-corrected chi connectivity index (χ0v) is 5.56. The molecule has 6 heteroatoms. The summed E-state index contributed by atoms with van der Waals surface area (Å²) in [6, 6.07) is 0. The van der Waals surface area contributed by atoms with Gasteiger partial charge in [0.15, 0.2) is 5.82 Å². The molecule has 1 aromatic rings. The van der Waals surface area contributed by atoms with E-state index in [2.05, 4.69) is 4.98 Å². The van der Waals surface area contributed by atoms with Crippen LogP contribution in [0.1, 0.15) is 12.0 Å². The normalized spacial score (nSPS) is 10.8. The first kappa shape index (κ1) is 8.76. The fourth-order valence-electron chi connectivity index (χ4n) is 0.675. The van der Waals surface area contributed by atoms with Crippen LogP contribution in [0.4, 0.5) is 17.6 Å². The van der Waals surface area contributed by atoms with E-state index in [1.165, 1.54) is 0 Å². The van der Waals surface area contributed by atoms with Crippen LogP contribution < -0.4 is 0 Å². The molecule has 0 aliphatic heterocycles. The molecule has 0 aromatic carbocycles. The van der Waals surface area contributed by atoms with Gasteiger partial charge in [-0.05, 0) is 0 Å². The van der Waals surface area contributed by atoms with E-state index in [1.54, 1.807) is 0 Å². The summed E-state index contributed by atoms with van der Waals surface area (Å²) in [5, 5.41) is 8.64. The highest BCUT2D eigenvalue weighted by Crippen LogP contribution is 2.30. The molecule has 1 aromatic heterocycles. The van der Waals surface area contributed by atoms with E-state index in [9.17, 15) is 17.6 Å². The average molecular weight is 181 g/mol. The molecule has 0 atom stereocenters. The van der Waals surface area contributed by atoms with Crippen molar-refractivity contribution in [1.82, 2.24) is 4.98 Å². The first-order chi connectivity index (χ1) is 5.54. The molecule has 0 amide bonds. The van der Waals surface area contributed by atoms with E-state index >= 15 is 0 Å². The van der Waals surface area contributed by atoms with Crippen molar-refractivity contribution >= 4 is 0 Å².